The molecule has 1 aliphatic carbocycles. The van der Waals surface area contributed by atoms with Crippen LogP contribution in [0.4, 0.5) is 0 Å². The van der Waals surface area contributed by atoms with Gasteiger partial charge in [0.2, 0.25) is 0 Å². The number of benzene rings is 1. The summed E-state index contributed by atoms with van der Waals surface area (Å²) in [6.45, 7) is 4.39. The first-order valence-electron chi connectivity index (χ1n) is 10.5. The molecule has 0 atom stereocenters. The van der Waals surface area contributed by atoms with Crippen LogP contribution >= 0.6 is 0 Å². The third-order valence-corrected chi connectivity index (χ3v) is 5.53. The van der Waals surface area contributed by atoms with Crippen molar-refractivity contribution >= 4 is 18.1 Å². The molecule has 2 aliphatic heterocycles. The van der Waals surface area contributed by atoms with Crippen LogP contribution in [0, 0.1) is 0 Å². The zero-order chi connectivity index (χ0) is 19.0. The Kier molecular flexibility index (Phi) is 6.56. The smallest absolute Gasteiger partial charge is 0.117 e. The Morgan fingerprint density at radius 3 is 2.71 bits per heavy atom. The normalized spacial score (nSPS) is 22.6. The molecule has 0 bridgehead atoms. The second kappa shape index (κ2) is 9.69. The van der Waals surface area contributed by atoms with Crippen LogP contribution in [0.1, 0.15) is 44.1 Å². The summed E-state index contributed by atoms with van der Waals surface area (Å²) >= 11 is 0. The highest BCUT2D eigenvalue weighted by Crippen LogP contribution is 2.34. The van der Waals surface area contributed by atoms with E-state index in [2.05, 4.69) is 56.8 Å². The third kappa shape index (κ3) is 4.90. The fraction of sp³-hybridized carbons (Fsp3) is 0.478. The van der Waals surface area contributed by atoms with Gasteiger partial charge < -0.3 is 9.64 Å². The predicted molar refractivity (Wildman–Crippen MR) is 115 cm³/mol. The SMILES string of the molecule is C(=N\NC1=NCCCCC1)/C1=C(N2CCOCC2)C(=C/c2ccccc2)/CC1. The molecule has 0 spiro atoms. The number of amidine groups is 1. The van der Waals surface area contributed by atoms with Gasteiger partial charge in [-0.1, -0.05) is 36.8 Å². The van der Waals surface area contributed by atoms with Crippen molar-refractivity contribution in [1.82, 2.24) is 10.3 Å². The Bertz CT molecular complexity index is 773. The number of aliphatic imine (C=N–C) groups is 1. The van der Waals surface area contributed by atoms with Gasteiger partial charge >= 0.3 is 0 Å². The van der Waals surface area contributed by atoms with Crippen LogP contribution in [0.25, 0.3) is 6.08 Å². The van der Waals surface area contributed by atoms with Gasteiger partial charge in [-0.15, -0.1) is 0 Å². The van der Waals surface area contributed by atoms with Gasteiger partial charge in [0, 0.05) is 31.8 Å². The highest BCUT2D eigenvalue weighted by atomic mass is 16.5. The van der Waals surface area contributed by atoms with E-state index in [0.717, 1.165) is 57.9 Å². The highest BCUT2D eigenvalue weighted by Gasteiger charge is 2.25. The van der Waals surface area contributed by atoms with Gasteiger partial charge in [-0.2, -0.15) is 5.10 Å². The highest BCUT2D eigenvalue weighted by molar-refractivity contribution is 5.87. The number of rotatable bonds is 4. The van der Waals surface area contributed by atoms with Crippen molar-refractivity contribution in [3.8, 4) is 0 Å². The van der Waals surface area contributed by atoms with Crippen molar-refractivity contribution < 1.29 is 4.74 Å². The van der Waals surface area contributed by atoms with Gasteiger partial charge in [0.15, 0.2) is 0 Å². The topological polar surface area (TPSA) is 49.2 Å². The average molecular weight is 379 g/mol. The number of hydrogen-bond donors (Lipinski definition) is 1. The van der Waals surface area contributed by atoms with Gasteiger partial charge in [-0.25, -0.2) is 0 Å². The minimum Gasteiger partial charge on any atom is -0.378 e. The summed E-state index contributed by atoms with van der Waals surface area (Å²) in [5, 5.41) is 4.56. The van der Waals surface area contributed by atoms with Gasteiger partial charge in [0.25, 0.3) is 0 Å². The van der Waals surface area contributed by atoms with Crippen LogP contribution in [0.3, 0.4) is 0 Å². The van der Waals surface area contributed by atoms with Gasteiger partial charge in [0.1, 0.15) is 5.84 Å². The van der Waals surface area contributed by atoms with E-state index in [1.54, 1.807) is 0 Å². The van der Waals surface area contributed by atoms with E-state index in [-0.39, 0.29) is 0 Å². The molecule has 0 saturated carbocycles. The van der Waals surface area contributed by atoms with Crippen LogP contribution in [0.15, 0.2) is 57.3 Å². The molecule has 1 aromatic rings. The number of hydrogen-bond acceptors (Lipinski definition) is 5. The molecule has 0 unspecified atom stereocenters. The molecule has 5 nitrogen and oxygen atoms in total. The molecule has 3 aliphatic rings. The molecule has 2 heterocycles. The Balaban J connectivity index is 1.55. The van der Waals surface area contributed by atoms with Crippen LogP contribution in [0.2, 0.25) is 0 Å². The van der Waals surface area contributed by atoms with Crippen molar-refractivity contribution in [2.24, 2.45) is 10.1 Å². The lowest BCUT2D eigenvalue weighted by Crippen LogP contribution is -2.36. The van der Waals surface area contributed by atoms with Crippen molar-refractivity contribution in [1.29, 1.82) is 0 Å². The molecule has 0 radical (unpaired) electrons. The van der Waals surface area contributed by atoms with Crippen molar-refractivity contribution in [3.63, 3.8) is 0 Å². The molecule has 1 saturated heterocycles. The number of hydrazone groups is 1. The monoisotopic (exact) mass is 378 g/mol. The van der Waals surface area contributed by atoms with Crippen LogP contribution in [-0.4, -0.2) is 49.8 Å². The molecule has 1 fully saturated rings. The second-order valence-electron chi connectivity index (χ2n) is 7.56. The summed E-state index contributed by atoms with van der Waals surface area (Å²) < 4.78 is 5.57. The minimum absolute atomic E-state index is 0.793. The summed E-state index contributed by atoms with van der Waals surface area (Å²) in [6.07, 6.45) is 11.1. The van der Waals surface area contributed by atoms with Gasteiger partial charge in [-0.05, 0) is 48.5 Å². The van der Waals surface area contributed by atoms with Crippen molar-refractivity contribution in [2.75, 3.05) is 32.8 Å². The third-order valence-electron chi connectivity index (χ3n) is 5.53. The lowest BCUT2D eigenvalue weighted by Gasteiger charge is -2.31. The molecule has 5 heteroatoms. The van der Waals surface area contributed by atoms with Crippen molar-refractivity contribution in [3.05, 3.63) is 52.7 Å². The first-order chi connectivity index (χ1) is 13.9. The van der Waals surface area contributed by atoms with E-state index in [9.17, 15) is 0 Å². The quantitative estimate of drug-likeness (QED) is 0.636. The van der Waals surface area contributed by atoms with Crippen molar-refractivity contribution in [2.45, 2.75) is 38.5 Å². The lowest BCUT2D eigenvalue weighted by molar-refractivity contribution is 0.0548. The summed E-state index contributed by atoms with van der Waals surface area (Å²) in [7, 11) is 0. The maximum atomic E-state index is 5.57. The van der Waals surface area contributed by atoms with E-state index < -0.39 is 0 Å². The van der Waals surface area contributed by atoms with E-state index in [4.69, 9.17) is 4.74 Å². The van der Waals surface area contributed by atoms with Crippen LogP contribution < -0.4 is 5.43 Å². The van der Waals surface area contributed by atoms with E-state index in [1.165, 1.54) is 41.7 Å². The maximum Gasteiger partial charge on any atom is 0.117 e. The molecule has 148 valence electrons. The first kappa shape index (κ1) is 18.9. The molecule has 1 aromatic carbocycles. The Morgan fingerprint density at radius 1 is 1.00 bits per heavy atom. The molecular formula is C23H30N4O. The Hall–Kier alpha value is -2.40. The molecule has 28 heavy (non-hydrogen) atoms. The molecule has 0 aromatic heterocycles. The van der Waals surface area contributed by atoms with E-state index in [0.29, 0.717) is 0 Å². The first-order valence-corrected chi connectivity index (χ1v) is 10.5. The fourth-order valence-electron chi connectivity index (χ4n) is 4.07. The number of nitrogens with one attached hydrogen (secondary N) is 1. The summed E-state index contributed by atoms with van der Waals surface area (Å²) in [5.74, 6) is 1.03. The zero-order valence-electron chi connectivity index (χ0n) is 16.6. The van der Waals surface area contributed by atoms with E-state index >= 15 is 0 Å². The summed E-state index contributed by atoms with van der Waals surface area (Å²) in [6, 6.07) is 10.6. The van der Waals surface area contributed by atoms with Crippen LogP contribution in [-0.2, 0) is 4.74 Å². The molecule has 4 rings (SSSR count). The van der Waals surface area contributed by atoms with Crippen LogP contribution in [0.5, 0.6) is 0 Å². The molecule has 0 amide bonds. The Labute approximate surface area is 167 Å². The predicted octanol–water partition coefficient (Wildman–Crippen LogP) is 4.00. The molecular weight excluding hydrogens is 348 g/mol. The minimum atomic E-state index is 0.793. The lowest BCUT2D eigenvalue weighted by atomic mass is 10.1. The largest absolute Gasteiger partial charge is 0.378 e. The fourth-order valence-corrected chi connectivity index (χ4v) is 4.07. The standard InChI is InChI=1S/C23H30N4O/c1-3-7-19(8-4-1)17-20-10-11-21(23(20)27-13-15-28-16-14-27)18-25-26-22-9-5-2-6-12-24-22/h1,3-4,7-8,17-18H,2,5-6,9-16H2,(H,24,26)/b20-17+,25-18+. The summed E-state index contributed by atoms with van der Waals surface area (Å²) in [4.78, 5) is 7.07. The number of morpholine rings is 1. The Morgan fingerprint density at radius 2 is 1.86 bits per heavy atom. The summed E-state index contributed by atoms with van der Waals surface area (Å²) in [5.41, 5.74) is 8.52. The maximum absolute atomic E-state index is 5.57. The average Bonchev–Trinajstić information content (AvgIpc) is 2.95. The number of allylic oxidation sites excluding steroid dienone is 2. The van der Waals surface area contributed by atoms with E-state index in [1.807, 2.05) is 6.21 Å². The second-order valence-corrected chi connectivity index (χ2v) is 7.56. The number of ether oxygens (including phenoxy) is 1. The van der Waals surface area contributed by atoms with Gasteiger partial charge in [-0.3, -0.25) is 10.4 Å². The number of nitrogens with zero attached hydrogens (tertiary/aromatic N) is 3. The zero-order valence-corrected chi connectivity index (χ0v) is 16.6. The molecule has 1 N–H and O–H groups in total. The van der Waals surface area contributed by atoms with Gasteiger partial charge in [0.05, 0.1) is 19.4 Å².